The number of hydrogen-bond acceptors (Lipinski definition) is 2. The van der Waals surface area contributed by atoms with Crippen LogP contribution in [0.25, 0.3) is 0 Å². The molecule has 0 atom stereocenters. The van der Waals surface area contributed by atoms with Crippen molar-refractivity contribution in [3.05, 3.63) is 34.2 Å². The fourth-order valence-corrected chi connectivity index (χ4v) is 1.05. The molecular formula is C9H14N2O. The maximum absolute atomic E-state index is 11.4. The van der Waals surface area contributed by atoms with Gasteiger partial charge in [0.05, 0.1) is 0 Å². The summed E-state index contributed by atoms with van der Waals surface area (Å²) >= 11 is 0. The van der Waals surface area contributed by atoms with E-state index in [4.69, 9.17) is 0 Å². The van der Waals surface area contributed by atoms with Gasteiger partial charge in [-0.15, -0.1) is 0 Å². The number of nitrogens with one attached hydrogen (secondary N) is 1. The highest BCUT2D eigenvalue weighted by molar-refractivity contribution is 5.09. The molecule has 1 heterocycles. The monoisotopic (exact) mass is 166 g/mol. The molecule has 1 rings (SSSR count). The molecule has 0 bridgehead atoms. The first-order valence-electron chi connectivity index (χ1n) is 4.11. The van der Waals surface area contributed by atoms with Crippen LogP contribution in [0.1, 0.15) is 12.5 Å². The van der Waals surface area contributed by atoms with Gasteiger partial charge in [-0.3, -0.25) is 4.79 Å². The van der Waals surface area contributed by atoms with Crippen LogP contribution in [0.4, 0.5) is 0 Å². The van der Waals surface area contributed by atoms with Gasteiger partial charge in [0.1, 0.15) is 0 Å². The van der Waals surface area contributed by atoms with Crippen LogP contribution < -0.4 is 10.9 Å². The summed E-state index contributed by atoms with van der Waals surface area (Å²) in [6.45, 7) is 3.56. The van der Waals surface area contributed by atoms with Gasteiger partial charge in [-0.25, -0.2) is 0 Å². The molecule has 0 aliphatic rings. The lowest BCUT2D eigenvalue weighted by atomic mass is 10.3. The largest absolute Gasteiger partial charge is 0.318 e. The quantitative estimate of drug-likeness (QED) is 0.709. The molecule has 0 spiro atoms. The second kappa shape index (κ2) is 4.07. The molecule has 1 N–H and O–H groups in total. The first-order valence-corrected chi connectivity index (χ1v) is 4.11. The molecule has 1 aromatic rings. The molecule has 3 heteroatoms. The van der Waals surface area contributed by atoms with E-state index in [1.807, 2.05) is 19.1 Å². The number of pyridine rings is 1. The highest BCUT2D eigenvalue weighted by atomic mass is 16.1. The van der Waals surface area contributed by atoms with Crippen molar-refractivity contribution in [2.75, 3.05) is 6.54 Å². The number of aryl methyl sites for hydroxylation is 1. The van der Waals surface area contributed by atoms with Crippen molar-refractivity contribution in [1.82, 2.24) is 9.88 Å². The number of rotatable bonds is 3. The lowest BCUT2D eigenvalue weighted by molar-refractivity contribution is 0.706. The summed E-state index contributed by atoms with van der Waals surface area (Å²) < 4.78 is 1.59. The molecule has 0 aliphatic heterocycles. The Kier molecular flexibility index (Phi) is 3.05. The minimum Gasteiger partial charge on any atom is -0.318 e. The Balaban J connectivity index is 2.85. The van der Waals surface area contributed by atoms with Crippen LogP contribution in [0.3, 0.4) is 0 Å². The Bertz CT molecular complexity index is 304. The lowest BCUT2D eigenvalue weighted by Gasteiger charge is -2.02. The highest BCUT2D eigenvalue weighted by Crippen LogP contribution is 1.89. The number of nitrogens with zero attached hydrogens (tertiary/aromatic N) is 1. The van der Waals surface area contributed by atoms with E-state index in [-0.39, 0.29) is 5.56 Å². The Hall–Kier alpha value is -1.09. The molecule has 0 aromatic carbocycles. The topological polar surface area (TPSA) is 34.0 Å². The van der Waals surface area contributed by atoms with Gasteiger partial charge in [-0.1, -0.05) is 13.0 Å². The van der Waals surface area contributed by atoms with Crippen LogP contribution in [-0.2, 0) is 13.6 Å². The van der Waals surface area contributed by atoms with Crippen LogP contribution in [-0.4, -0.2) is 11.1 Å². The number of aromatic nitrogens is 1. The van der Waals surface area contributed by atoms with Crippen molar-refractivity contribution in [1.29, 1.82) is 0 Å². The third kappa shape index (κ3) is 1.95. The third-order valence-corrected chi connectivity index (χ3v) is 1.77. The van der Waals surface area contributed by atoms with Crippen molar-refractivity contribution < 1.29 is 0 Å². The summed E-state index contributed by atoms with van der Waals surface area (Å²) in [7, 11) is 1.76. The molecular weight excluding hydrogens is 152 g/mol. The van der Waals surface area contributed by atoms with Gasteiger partial charge in [-0.2, -0.15) is 0 Å². The molecule has 66 valence electrons. The predicted octanol–water partition coefficient (Wildman–Crippen LogP) is 0.495. The molecule has 3 nitrogen and oxygen atoms in total. The van der Waals surface area contributed by atoms with E-state index in [1.54, 1.807) is 17.8 Å². The fraction of sp³-hybridized carbons (Fsp3) is 0.444. The second-order valence-electron chi connectivity index (χ2n) is 2.73. The van der Waals surface area contributed by atoms with Gasteiger partial charge in [0.15, 0.2) is 0 Å². The summed E-state index contributed by atoms with van der Waals surface area (Å²) in [6, 6.07) is 3.74. The second-order valence-corrected chi connectivity index (χ2v) is 2.73. The van der Waals surface area contributed by atoms with Gasteiger partial charge < -0.3 is 9.88 Å². The summed E-state index contributed by atoms with van der Waals surface area (Å²) in [6.07, 6.45) is 1.76. The molecule has 0 fully saturated rings. The van der Waals surface area contributed by atoms with Crippen LogP contribution in [0.2, 0.25) is 0 Å². The van der Waals surface area contributed by atoms with Crippen LogP contribution >= 0.6 is 0 Å². The Labute approximate surface area is 72.0 Å². The Morgan fingerprint density at radius 2 is 2.33 bits per heavy atom. The van der Waals surface area contributed by atoms with E-state index < -0.39 is 0 Å². The van der Waals surface area contributed by atoms with Gasteiger partial charge in [0, 0.05) is 25.4 Å². The first kappa shape index (κ1) is 9.00. The van der Waals surface area contributed by atoms with Crippen molar-refractivity contribution >= 4 is 0 Å². The SMILES string of the molecule is CCNCc1cccn(C)c1=O. The van der Waals surface area contributed by atoms with E-state index in [0.29, 0.717) is 6.54 Å². The smallest absolute Gasteiger partial charge is 0.254 e. The van der Waals surface area contributed by atoms with Crippen molar-refractivity contribution in [2.45, 2.75) is 13.5 Å². The van der Waals surface area contributed by atoms with E-state index >= 15 is 0 Å². The average Bonchev–Trinajstić information content (AvgIpc) is 2.08. The average molecular weight is 166 g/mol. The highest BCUT2D eigenvalue weighted by Gasteiger charge is 1.97. The fourth-order valence-electron chi connectivity index (χ4n) is 1.05. The van der Waals surface area contributed by atoms with E-state index in [1.165, 1.54) is 0 Å². The zero-order chi connectivity index (χ0) is 8.97. The van der Waals surface area contributed by atoms with E-state index in [2.05, 4.69) is 5.32 Å². The minimum atomic E-state index is 0.0819. The molecule has 0 saturated heterocycles. The Morgan fingerprint density at radius 1 is 1.58 bits per heavy atom. The summed E-state index contributed by atoms with van der Waals surface area (Å²) in [5.41, 5.74) is 0.903. The molecule has 0 aliphatic carbocycles. The lowest BCUT2D eigenvalue weighted by Crippen LogP contribution is -2.24. The Morgan fingerprint density at radius 3 is 3.00 bits per heavy atom. The zero-order valence-corrected chi connectivity index (χ0v) is 7.50. The van der Waals surface area contributed by atoms with Gasteiger partial charge in [-0.05, 0) is 12.6 Å². The van der Waals surface area contributed by atoms with Crippen molar-refractivity contribution in [3.63, 3.8) is 0 Å². The summed E-state index contributed by atoms with van der Waals surface area (Å²) in [5.74, 6) is 0. The number of hydrogen-bond donors (Lipinski definition) is 1. The van der Waals surface area contributed by atoms with Crippen LogP contribution in [0.15, 0.2) is 23.1 Å². The first-order chi connectivity index (χ1) is 5.75. The molecule has 0 unspecified atom stereocenters. The normalized spacial score (nSPS) is 10.2. The van der Waals surface area contributed by atoms with Gasteiger partial charge >= 0.3 is 0 Å². The van der Waals surface area contributed by atoms with Gasteiger partial charge in [0.25, 0.3) is 5.56 Å². The van der Waals surface area contributed by atoms with Crippen molar-refractivity contribution in [3.8, 4) is 0 Å². The molecule has 0 amide bonds. The van der Waals surface area contributed by atoms with E-state index in [9.17, 15) is 4.79 Å². The summed E-state index contributed by atoms with van der Waals surface area (Å²) in [4.78, 5) is 11.4. The molecule has 0 saturated carbocycles. The van der Waals surface area contributed by atoms with Crippen LogP contribution in [0, 0.1) is 0 Å². The molecule has 1 aromatic heterocycles. The minimum absolute atomic E-state index is 0.0819. The molecule has 12 heavy (non-hydrogen) atoms. The third-order valence-electron chi connectivity index (χ3n) is 1.77. The predicted molar refractivity (Wildman–Crippen MR) is 49.1 cm³/mol. The van der Waals surface area contributed by atoms with Crippen LogP contribution in [0.5, 0.6) is 0 Å². The van der Waals surface area contributed by atoms with Gasteiger partial charge in [0.2, 0.25) is 0 Å². The zero-order valence-electron chi connectivity index (χ0n) is 7.50. The summed E-state index contributed by atoms with van der Waals surface area (Å²) in [5, 5.41) is 3.12. The van der Waals surface area contributed by atoms with E-state index in [0.717, 1.165) is 12.1 Å². The maximum atomic E-state index is 11.4. The standard InChI is InChI=1S/C9H14N2O/c1-3-10-7-8-5-4-6-11(2)9(8)12/h4-6,10H,3,7H2,1-2H3. The maximum Gasteiger partial charge on any atom is 0.254 e. The van der Waals surface area contributed by atoms with Crippen molar-refractivity contribution in [2.24, 2.45) is 7.05 Å². The molecule has 0 radical (unpaired) electrons.